The van der Waals surface area contributed by atoms with Crippen molar-refractivity contribution >= 4 is 23.4 Å². The zero-order valence-corrected chi connectivity index (χ0v) is 16.2. The minimum Gasteiger partial charge on any atom is -0.488 e. The van der Waals surface area contributed by atoms with Crippen LogP contribution in [0.15, 0.2) is 95.6 Å². The van der Waals surface area contributed by atoms with Crippen molar-refractivity contribution in [2.75, 3.05) is 5.01 Å². The first-order valence-corrected chi connectivity index (χ1v) is 9.46. The van der Waals surface area contributed by atoms with E-state index >= 15 is 0 Å². The summed E-state index contributed by atoms with van der Waals surface area (Å²) in [6, 6.07) is 24.0. The summed E-state index contributed by atoms with van der Waals surface area (Å²) in [5.74, 6) is -0.484. The third kappa shape index (κ3) is 4.50. The topological polar surface area (TPSA) is 41.9 Å². The van der Waals surface area contributed by atoms with E-state index in [0.29, 0.717) is 11.3 Å². The second-order valence-corrected chi connectivity index (χ2v) is 6.77. The smallest absolute Gasteiger partial charge is 0.435 e. The molecule has 0 N–H and O–H groups in total. The quantitative estimate of drug-likeness (QED) is 0.501. The maximum Gasteiger partial charge on any atom is 0.435 e. The molecule has 0 atom stereocenters. The molecule has 0 saturated heterocycles. The van der Waals surface area contributed by atoms with Crippen molar-refractivity contribution in [1.82, 2.24) is 0 Å². The fraction of sp³-hybridized carbons (Fsp3) is 0.0833. The summed E-state index contributed by atoms with van der Waals surface area (Å²) in [6.07, 6.45) is -3.61. The Morgan fingerprint density at radius 1 is 0.871 bits per heavy atom. The third-order valence-corrected chi connectivity index (χ3v) is 4.60. The average molecular weight is 422 g/mol. The van der Waals surface area contributed by atoms with Gasteiger partial charge in [-0.25, -0.2) is 0 Å². The SMILES string of the molecule is O=C1/C(=C\c2ccccc2OCc2ccccc2)C(C(F)(F)F)=NN1c1ccccc1. The number of hydrazone groups is 1. The lowest BCUT2D eigenvalue weighted by Crippen LogP contribution is -2.25. The predicted molar refractivity (Wildman–Crippen MR) is 113 cm³/mol. The standard InChI is InChI=1S/C24H17F3N2O2/c25-24(26,27)22-20(23(30)29(28-22)19-12-5-2-6-13-19)15-18-11-7-8-14-21(18)31-16-17-9-3-1-4-10-17/h1-15H,16H2/b20-15-. The van der Waals surface area contributed by atoms with Crippen molar-refractivity contribution in [1.29, 1.82) is 0 Å². The molecule has 156 valence electrons. The number of alkyl halides is 3. The lowest BCUT2D eigenvalue weighted by Gasteiger charge is -2.12. The van der Waals surface area contributed by atoms with Gasteiger partial charge in [-0.2, -0.15) is 23.3 Å². The maximum atomic E-state index is 13.7. The van der Waals surface area contributed by atoms with E-state index < -0.39 is 23.4 Å². The lowest BCUT2D eigenvalue weighted by atomic mass is 10.1. The Hall–Kier alpha value is -3.87. The van der Waals surface area contributed by atoms with E-state index in [1.54, 1.807) is 42.5 Å². The highest BCUT2D eigenvalue weighted by atomic mass is 19.4. The van der Waals surface area contributed by atoms with Crippen LogP contribution >= 0.6 is 0 Å². The molecule has 4 nitrogen and oxygen atoms in total. The number of para-hydroxylation sites is 2. The van der Waals surface area contributed by atoms with Crippen LogP contribution in [0.2, 0.25) is 0 Å². The zero-order chi connectivity index (χ0) is 21.8. The molecule has 0 spiro atoms. The largest absolute Gasteiger partial charge is 0.488 e. The van der Waals surface area contributed by atoms with Gasteiger partial charge in [-0.1, -0.05) is 66.7 Å². The molecule has 0 radical (unpaired) electrons. The van der Waals surface area contributed by atoms with Gasteiger partial charge in [0.05, 0.1) is 11.3 Å². The van der Waals surface area contributed by atoms with Gasteiger partial charge in [-0.3, -0.25) is 4.79 Å². The maximum absolute atomic E-state index is 13.7. The number of hydrogen-bond donors (Lipinski definition) is 0. The highest BCUT2D eigenvalue weighted by Gasteiger charge is 2.46. The Kier molecular flexibility index (Phi) is 5.58. The number of carbonyl (C=O) groups excluding carboxylic acids is 1. The third-order valence-electron chi connectivity index (χ3n) is 4.60. The van der Waals surface area contributed by atoms with Crippen LogP contribution in [-0.2, 0) is 11.4 Å². The minimum atomic E-state index is -4.79. The van der Waals surface area contributed by atoms with E-state index in [1.807, 2.05) is 30.3 Å². The van der Waals surface area contributed by atoms with Crippen molar-refractivity contribution in [3.8, 4) is 5.75 Å². The van der Waals surface area contributed by atoms with Crippen molar-refractivity contribution in [3.05, 3.63) is 102 Å². The lowest BCUT2D eigenvalue weighted by molar-refractivity contribution is -0.114. The molecule has 0 aliphatic carbocycles. The minimum absolute atomic E-state index is 0.241. The Morgan fingerprint density at radius 2 is 1.48 bits per heavy atom. The summed E-state index contributed by atoms with van der Waals surface area (Å²) in [4.78, 5) is 12.9. The normalized spacial score (nSPS) is 15.3. The Bertz CT molecular complexity index is 1140. The van der Waals surface area contributed by atoms with E-state index in [2.05, 4.69) is 5.10 Å². The van der Waals surface area contributed by atoms with Gasteiger partial charge in [0.15, 0.2) is 5.71 Å². The molecule has 3 aromatic rings. The highest BCUT2D eigenvalue weighted by Crippen LogP contribution is 2.33. The number of benzene rings is 3. The van der Waals surface area contributed by atoms with Crippen molar-refractivity contribution in [3.63, 3.8) is 0 Å². The van der Waals surface area contributed by atoms with E-state index in [-0.39, 0.29) is 12.3 Å². The fourth-order valence-corrected chi connectivity index (χ4v) is 3.12. The number of amides is 1. The summed E-state index contributed by atoms with van der Waals surface area (Å²) in [7, 11) is 0. The van der Waals surface area contributed by atoms with Crippen LogP contribution in [-0.4, -0.2) is 17.8 Å². The van der Waals surface area contributed by atoms with Crippen molar-refractivity contribution in [2.45, 2.75) is 12.8 Å². The van der Waals surface area contributed by atoms with Crippen LogP contribution < -0.4 is 9.75 Å². The highest BCUT2D eigenvalue weighted by molar-refractivity contribution is 6.34. The van der Waals surface area contributed by atoms with Crippen LogP contribution in [0.4, 0.5) is 18.9 Å². The molecule has 7 heteroatoms. The molecule has 0 unspecified atom stereocenters. The van der Waals surface area contributed by atoms with Crippen LogP contribution in [0.1, 0.15) is 11.1 Å². The zero-order valence-electron chi connectivity index (χ0n) is 16.2. The van der Waals surface area contributed by atoms with Gasteiger partial charge in [0.1, 0.15) is 12.4 Å². The summed E-state index contributed by atoms with van der Waals surface area (Å²) in [5.41, 5.74) is -0.249. The molecule has 31 heavy (non-hydrogen) atoms. The van der Waals surface area contributed by atoms with Gasteiger partial charge < -0.3 is 4.74 Å². The van der Waals surface area contributed by atoms with Crippen molar-refractivity contribution < 1.29 is 22.7 Å². The summed E-state index contributed by atoms with van der Waals surface area (Å²) in [5, 5.41) is 4.34. The molecule has 1 heterocycles. The summed E-state index contributed by atoms with van der Waals surface area (Å²) >= 11 is 0. The van der Waals surface area contributed by atoms with Crippen LogP contribution in [0, 0.1) is 0 Å². The molecule has 0 bridgehead atoms. The number of rotatable bonds is 5. The van der Waals surface area contributed by atoms with Crippen LogP contribution in [0.25, 0.3) is 6.08 Å². The van der Waals surface area contributed by atoms with Gasteiger partial charge in [0.2, 0.25) is 0 Å². The van der Waals surface area contributed by atoms with E-state index in [1.165, 1.54) is 18.2 Å². The van der Waals surface area contributed by atoms with Gasteiger partial charge in [-0.15, -0.1) is 0 Å². The van der Waals surface area contributed by atoms with E-state index in [4.69, 9.17) is 4.74 Å². The molecule has 1 aliphatic heterocycles. The Labute approximate surface area is 176 Å². The number of halogens is 3. The summed E-state index contributed by atoms with van der Waals surface area (Å²) in [6.45, 7) is 0.241. The monoisotopic (exact) mass is 422 g/mol. The Balaban J connectivity index is 1.69. The number of anilines is 1. The molecular formula is C24H17F3N2O2. The first kappa shape index (κ1) is 20.4. The van der Waals surface area contributed by atoms with Gasteiger partial charge in [-0.05, 0) is 29.8 Å². The first-order valence-electron chi connectivity index (χ1n) is 9.46. The first-order chi connectivity index (χ1) is 14.9. The molecular weight excluding hydrogens is 405 g/mol. The van der Waals surface area contributed by atoms with Gasteiger partial charge in [0.25, 0.3) is 5.91 Å². The fourth-order valence-electron chi connectivity index (χ4n) is 3.12. The molecule has 1 amide bonds. The predicted octanol–water partition coefficient (Wildman–Crippen LogP) is 5.61. The number of hydrogen-bond acceptors (Lipinski definition) is 3. The van der Waals surface area contributed by atoms with Gasteiger partial charge >= 0.3 is 6.18 Å². The molecule has 0 saturated carbocycles. The molecule has 3 aromatic carbocycles. The molecule has 0 aromatic heterocycles. The average Bonchev–Trinajstić information content (AvgIpc) is 3.11. The number of carbonyl (C=O) groups is 1. The molecule has 1 aliphatic rings. The number of ether oxygens (including phenoxy) is 1. The van der Waals surface area contributed by atoms with Gasteiger partial charge in [0, 0.05) is 5.56 Å². The molecule has 0 fully saturated rings. The van der Waals surface area contributed by atoms with E-state index in [0.717, 1.165) is 10.6 Å². The second-order valence-electron chi connectivity index (χ2n) is 6.77. The van der Waals surface area contributed by atoms with E-state index in [9.17, 15) is 18.0 Å². The number of nitrogens with zero attached hydrogens (tertiary/aromatic N) is 2. The molecule has 4 rings (SSSR count). The van der Waals surface area contributed by atoms with Crippen LogP contribution in [0.5, 0.6) is 5.75 Å². The van der Waals surface area contributed by atoms with Crippen molar-refractivity contribution in [2.24, 2.45) is 5.10 Å². The van der Waals surface area contributed by atoms with Crippen LogP contribution in [0.3, 0.4) is 0 Å². The summed E-state index contributed by atoms with van der Waals surface area (Å²) < 4.78 is 46.8. The Morgan fingerprint density at radius 3 is 2.16 bits per heavy atom. The second kappa shape index (κ2) is 8.47.